The molecule has 0 aliphatic rings. The molecular weight excluding hydrogens is 272 g/mol. The molecule has 0 spiro atoms. The van der Waals surface area contributed by atoms with Crippen molar-refractivity contribution in [2.75, 3.05) is 5.32 Å². The second-order valence-corrected chi connectivity index (χ2v) is 3.99. The summed E-state index contributed by atoms with van der Waals surface area (Å²) in [6.45, 7) is -0.235. The third-order valence-electron chi connectivity index (χ3n) is 2.66. The van der Waals surface area contributed by atoms with Crippen LogP contribution in [0.2, 0.25) is 0 Å². The highest BCUT2D eigenvalue weighted by Gasteiger charge is 2.13. The first-order chi connectivity index (χ1) is 9.52. The van der Waals surface area contributed by atoms with Gasteiger partial charge in [0.15, 0.2) is 11.6 Å². The summed E-state index contributed by atoms with van der Waals surface area (Å²) in [6, 6.07) is 6.83. The zero-order valence-electron chi connectivity index (χ0n) is 10.1. The highest BCUT2D eigenvalue weighted by atomic mass is 19.1. The maximum Gasteiger partial charge on any atom is 0.152 e. The molecule has 2 rings (SSSR count). The minimum atomic E-state index is -1.11. The fraction of sp³-hybridized carbons (Fsp3) is 0.0714. The molecule has 1 N–H and O–H groups in total. The van der Waals surface area contributed by atoms with Crippen molar-refractivity contribution in [3.05, 3.63) is 64.7 Å². The van der Waals surface area contributed by atoms with E-state index in [9.17, 15) is 17.6 Å². The minimum Gasteiger partial charge on any atom is -0.376 e. The van der Waals surface area contributed by atoms with E-state index in [2.05, 4.69) is 5.32 Å². The van der Waals surface area contributed by atoms with Gasteiger partial charge in [-0.05, 0) is 6.07 Å². The molecule has 0 atom stereocenters. The van der Waals surface area contributed by atoms with E-state index in [4.69, 9.17) is 5.26 Å². The first kappa shape index (κ1) is 13.9. The molecule has 0 aliphatic carbocycles. The lowest BCUT2D eigenvalue weighted by Gasteiger charge is -2.10. The largest absolute Gasteiger partial charge is 0.376 e. The van der Waals surface area contributed by atoms with Gasteiger partial charge in [-0.3, -0.25) is 0 Å². The predicted molar refractivity (Wildman–Crippen MR) is 64.8 cm³/mol. The van der Waals surface area contributed by atoms with Crippen molar-refractivity contribution in [2.24, 2.45) is 0 Å². The number of halogens is 4. The summed E-state index contributed by atoms with van der Waals surface area (Å²) in [5.74, 6) is -4.02. The van der Waals surface area contributed by atoms with E-state index in [-0.39, 0.29) is 17.7 Å². The lowest BCUT2D eigenvalue weighted by Crippen LogP contribution is -2.06. The summed E-state index contributed by atoms with van der Waals surface area (Å²) in [5.41, 5.74) is -0.635. The standard InChI is InChI=1S/C14H8F4N2/c15-10-4-11(16)14(12(17)5-10)20-7-9-3-1-2-8(6-19)13(9)18/h1-5,20H,7H2. The van der Waals surface area contributed by atoms with E-state index >= 15 is 0 Å². The van der Waals surface area contributed by atoms with E-state index in [0.29, 0.717) is 12.1 Å². The average Bonchev–Trinajstić information content (AvgIpc) is 2.39. The maximum absolute atomic E-state index is 13.7. The SMILES string of the molecule is N#Cc1cccc(CNc2c(F)cc(F)cc2F)c1F. The van der Waals surface area contributed by atoms with E-state index in [1.165, 1.54) is 18.2 Å². The molecule has 0 aliphatic heterocycles. The van der Waals surface area contributed by atoms with Gasteiger partial charge in [-0.2, -0.15) is 5.26 Å². The molecule has 0 aromatic heterocycles. The quantitative estimate of drug-likeness (QED) is 0.870. The van der Waals surface area contributed by atoms with Crippen LogP contribution in [-0.2, 0) is 6.54 Å². The second-order valence-electron chi connectivity index (χ2n) is 3.99. The Labute approximate surface area is 112 Å². The van der Waals surface area contributed by atoms with Crippen LogP contribution in [0.15, 0.2) is 30.3 Å². The molecule has 0 fully saturated rings. The molecule has 0 amide bonds. The van der Waals surface area contributed by atoms with Gasteiger partial charge in [0.1, 0.15) is 23.4 Å². The summed E-state index contributed by atoms with van der Waals surface area (Å²) in [5, 5.41) is 11.0. The molecule has 6 heteroatoms. The first-order valence-electron chi connectivity index (χ1n) is 5.59. The Hall–Kier alpha value is -2.55. The maximum atomic E-state index is 13.7. The summed E-state index contributed by atoms with van der Waals surface area (Å²) in [6.07, 6.45) is 0. The van der Waals surface area contributed by atoms with Crippen LogP contribution >= 0.6 is 0 Å². The Morgan fingerprint density at radius 3 is 2.30 bits per heavy atom. The zero-order chi connectivity index (χ0) is 14.7. The topological polar surface area (TPSA) is 35.8 Å². The van der Waals surface area contributed by atoms with Gasteiger partial charge in [-0.15, -0.1) is 0 Å². The molecule has 2 nitrogen and oxygen atoms in total. The minimum absolute atomic E-state index is 0.0761. The fourth-order valence-corrected chi connectivity index (χ4v) is 1.70. The van der Waals surface area contributed by atoms with Crippen molar-refractivity contribution in [3.63, 3.8) is 0 Å². The van der Waals surface area contributed by atoms with Gasteiger partial charge in [0.25, 0.3) is 0 Å². The lowest BCUT2D eigenvalue weighted by molar-refractivity contribution is 0.546. The number of hydrogen-bond acceptors (Lipinski definition) is 2. The number of rotatable bonds is 3. The van der Waals surface area contributed by atoms with Gasteiger partial charge in [0.2, 0.25) is 0 Å². The summed E-state index contributed by atoms with van der Waals surface area (Å²) in [7, 11) is 0. The second kappa shape index (κ2) is 5.61. The molecule has 0 bridgehead atoms. The van der Waals surface area contributed by atoms with Crippen molar-refractivity contribution in [1.82, 2.24) is 0 Å². The molecule has 0 saturated carbocycles. The smallest absolute Gasteiger partial charge is 0.152 e. The lowest BCUT2D eigenvalue weighted by atomic mass is 10.1. The molecule has 20 heavy (non-hydrogen) atoms. The van der Waals surface area contributed by atoms with Crippen LogP contribution in [0, 0.1) is 34.6 Å². The Morgan fingerprint density at radius 1 is 1.05 bits per heavy atom. The molecule has 0 unspecified atom stereocenters. The van der Waals surface area contributed by atoms with Crippen molar-refractivity contribution in [2.45, 2.75) is 6.54 Å². The van der Waals surface area contributed by atoms with E-state index in [1.807, 2.05) is 0 Å². The van der Waals surface area contributed by atoms with Gasteiger partial charge >= 0.3 is 0 Å². The molecule has 102 valence electrons. The first-order valence-corrected chi connectivity index (χ1v) is 5.59. The molecule has 2 aromatic carbocycles. The highest BCUT2D eigenvalue weighted by Crippen LogP contribution is 2.21. The van der Waals surface area contributed by atoms with Crippen LogP contribution in [0.3, 0.4) is 0 Å². The van der Waals surface area contributed by atoms with Crippen molar-refractivity contribution in [1.29, 1.82) is 5.26 Å². The normalized spacial score (nSPS) is 10.2. The van der Waals surface area contributed by atoms with E-state index in [0.717, 1.165) is 0 Å². The summed E-state index contributed by atoms with van der Waals surface area (Å²) >= 11 is 0. The van der Waals surface area contributed by atoms with Crippen molar-refractivity contribution >= 4 is 5.69 Å². The molecule has 2 aromatic rings. The van der Waals surface area contributed by atoms with Gasteiger partial charge < -0.3 is 5.32 Å². The summed E-state index contributed by atoms with van der Waals surface area (Å²) < 4.78 is 53.2. The van der Waals surface area contributed by atoms with Crippen LogP contribution in [0.1, 0.15) is 11.1 Å². The molecular formula is C14H8F4N2. The molecule has 0 heterocycles. The number of anilines is 1. The van der Waals surface area contributed by atoms with E-state index in [1.54, 1.807) is 6.07 Å². The van der Waals surface area contributed by atoms with Crippen molar-refractivity contribution in [3.8, 4) is 6.07 Å². The number of hydrogen-bond donors (Lipinski definition) is 1. The van der Waals surface area contributed by atoms with Crippen LogP contribution in [0.5, 0.6) is 0 Å². The van der Waals surface area contributed by atoms with Crippen LogP contribution in [-0.4, -0.2) is 0 Å². The summed E-state index contributed by atoms with van der Waals surface area (Å²) in [4.78, 5) is 0. The Morgan fingerprint density at radius 2 is 1.70 bits per heavy atom. The van der Waals surface area contributed by atoms with Crippen molar-refractivity contribution < 1.29 is 17.6 Å². The van der Waals surface area contributed by atoms with Crippen LogP contribution in [0.25, 0.3) is 0 Å². The number of benzene rings is 2. The zero-order valence-corrected chi connectivity index (χ0v) is 10.1. The van der Waals surface area contributed by atoms with Crippen LogP contribution < -0.4 is 5.32 Å². The van der Waals surface area contributed by atoms with E-state index < -0.39 is 29.0 Å². The monoisotopic (exact) mass is 280 g/mol. The van der Waals surface area contributed by atoms with Gasteiger partial charge in [0, 0.05) is 24.2 Å². The molecule has 0 saturated heterocycles. The number of nitriles is 1. The number of nitrogens with one attached hydrogen (secondary N) is 1. The highest BCUT2D eigenvalue weighted by molar-refractivity contribution is 5.47. The number of nitrogens with zero attached hydrogens (tertiary/aromatic N) is 1. The van der Waals surface area contributed by atoms with Gasteiger partial charge in [-0.1, -0.05) is 12.1 Å². The third-order valence-corrected chi connectivity index (χ3v) is 2.66. The van der Waals surface area contributed by atoms with Gasteiger partial charge in [-0.25, -0.2) is 17.6 Å². The average molecular weight is 280 g/mol. The van der Waals surface area contributed by atoms with Crippen LogP contribution in [0.4, 0.5) is 23.2 Å². The fourth-order valence-electron chi connectivity index (χ4n) is 1.70. The Kier molecular flexibility index (Phi) is 3.89. The van der Waals surface area contributed by atoms with Gasteiger partial charge in [0.05, 0.1) is 5.56 Å². The Bertz CT molecular complexity index is 669. The third kappa shape index (κ3) is 2.72. The predicted octanol–water partition coefficient (Wildman–Crippen LogP) is 3.73. The Balaban J connectivity index is 2.24. The molecule has 0 radical (unpaired) electrons.